The van der Waals surface area contributed by atoms with Gasteiger partial charge in [0.15, 0.2) is 0 Å². The van der Waals surface area contributed by atoms with E-state index in [4.69, 9.17) is 0 Å². The molecule has 0 amide bonds. The van der Waals surface area contributed by atoms with E-state index in [0.717, 1.165) is 50.3 Å². The molecule has 3 nitrogen and oxygen atoms in total. The van der Waals surface area contributed by atoms with Crippen molar-refractivity contribution in [3.05, 3.63) is 23.0 Å². The molecular formula is C19H27O3P. The Morgan fingerprint density at radius 2 is 1.87 bits per heavy atom. The van der Waals surface area contributed by atoms with Gasteiger partial charge in [-0.3, -0.25) is 9.36 Å². The van der Waals surface area contributed by atoms with E-state index in [0.29, 0.717) is 23.5 Å². The lowest BCUT2D eigenvalue weighted by atomic mass is 9.49. The Bertz CT molecular complexity index is 649. The van der Waals surface area contributed by atoms with E-state index < -0.39 is 8.03 Å². The predicted molar refractivity (Wildman–Crippen MR) is 91.4 cm³/mol. The second-order valence-electron chi connectivity index (χ2n) is 8.58. The molecule has 4 aliphatic carbocycles. The Morgan fingerprint density at radius 1 is 1.13 bits per heavy atom. The number of carbonyl (C=O) groups is 1. The van der Waals surface area contributed by atoms with Gasteiger partial charge in [-0.05, 0) is 67.3 Å². The normalized spacial score (nSPS) is 47.1. The molecule has 0 bridgehead atoms. The van der Waals surface area contributed by atoms with E-state index >= 15 is 0 Å². The van der Waals surface area contributed by atoms with Crippen LogP contribution in [-0.4, -0.2) is 10.7 Å². The van der Waals surface area contributed by atoms with E-state index in [1.54, 1.807) is 0 Å². The number of fused-ring (bicyclic) bond motifs is 5. The number of rotatable bonds is 1. The maximum atomic E-state index is 12.4. The molecule has 1 unspecified atom stereocenters. The fourth-order valence-corrected chi connectivity index (χ4v) is 6.88. The molecule has 2 fully saturated rings. The molecular weight excluding hydrogens is 307 g/mol. The van der Waals surface area contributed by atoms with E-state index in [2.05, 4.69) is 19.9 Å². The summed E-state index contributed by atoms with van der Waals surface area (Å²) < 4.78 is 11.5. The molecule has 0 saturated heterocycles. The third-order valence-electron chi connectivity index (χ3n) is 7.75. The monoisotopic (exact) mass is 334 g/mol. The van der Waals surface area contributed by atoms with Gasteiger partial charge in [-0.2, -0.15) is 0 Å². The van der Waals surface area contributed by atoms with E-state index in [1.807, 2.05) is 6.08 Å². The maximum Gasteiger partial charge on any atom is 0.214 e. The maximum absolute atomic E-state index is 12.4. The summed E-state index contributed by atoms with van der Waals surface area (Å²) in [6, 6.07) is 0. The Morgan fingerprint density at radius 3 is 2.61 bits per heavy atom. The molecule has 126 valence electrons. The van der Waals surface area contributed by atoms with Crippen LogP contribution in [0.1, 0.15) is 58.8 Å². The summed E-state index contributed by atoms with van der Waals surface area (Å²) in [5.74, 6) is 2.29. The summed E-state index contributed by atoms with van der Waals surface area (Å²) in [4.78, 5) is 21.9. The lowest BCUT2D eigenvalue weighted by Gasteiger charge is -2.55. The highest BCUT2D eigenvalue weighted by Gasteiger charge is 2.58. The lowest BCUT2D eigenvalue weighted by Crippen LogP contribution is -2.49. The summed E-state index contributed by atoms with van der Waals surface area (Å²) in [6.07, 6.45) is 11.1. The SMILES string of the molecule is C[C@]12CCC([PH](=O)O)=CC1=CC[C@@H]1[C@H]2CC[C@]2(C)C(=O)CC[C@@H]12. The van der Waals surface area contributed by atoms with Crippen molar-refractivity contribution < 1.29 is 14.3 Å². The third-order valence-corrected chi connectivity index (χ3v) is 8.70. The predicted octanol–water partition coefficient (Wildman–Crippen LogP) is 4.48. The molecule has 6 atom stereocenters. The Labute approximate surface area is 139 Å². The Balaban J connectivity index is 1.71. The van der Waals surface area contributed by atoms with Crippen LogP contribution in [0, 0.1) is 28.6 Å². The van der Waals surface area contributed by atoms with E-state index in [9.17, 15) is 14.3 Å². The molecule has 0 aromatic heterocycles. The summed E-state index contributed by atoms with van der Waals surface area (Å²) >= 11 is 0. The van der Waals surface area contributed by atoms with Crippen LogP contribution in [0.3, 0.4) is 0 Å². The Hall–Kier alpha value is -0.660. The minimum absolute atomic E-state index is 0.0746. The molecule has 4 heteroatoms. The molecule has 23 heavy (non-hydrogen) atoms. The van der Waals surface area contributed by atoms with Crippen LogP contribution < -0.4 is 0 Å². The number of allylic oxidation sites excluding steroid dienone is 4. The highest BCUT2D eigenvalue weighted by molar-refractivity contribution is 7.43. The smallest absolute Gasteiger partial charge is 0.214 e. The standard InChI is InChI=1S/C19H27O3P/c1-18-9-7-13(23(21)22)11-12(18)3-4-14-15-5-6-17(20)19(15,2)10-8-16(14)18/h3,11,14-16,23H,4-10H2,1-2H3,(H,21,22)/t14-,15-,16+,18-,19-/m0/s1. The first-order valence-electron chi connectivity index (χ1n) is 9.04. The molecule has 2 saturated carbocycles. The summed E-state index contributed by atoms with van der Waals surface area (Å²) in [5, 5.41) is 0.744. The van der Waals surface area contributed by atoms with Crippen molar-refractivity contribution in [3.63, 3.8) is 0 Å². The summed E-state index contributed by atoms with van der Waals surface area (Å²) in [6.45, 7) is 4.57. The fourth-order valence-electron chi connectivity index (χ4n) is 6.27. The number of ketones is 1. The van der Waals surface area contributed by atoms with Crippen LogP contribution in [0.2, 0.25) is 0 Å². The van der Waals surface area contributed by atoms with Crippen molar-refractivity contribution in [2.75, 3.05) is 0 Å². The minimum Gasteiger partial charge on any atom is -0.343 e. The molecule has 0 aromatic carbocycles. The highest BCUT2D eigenvalue weighted by atomic mass is 31.1. The quantitative estimate of drug-likeness (QED) is 0.719. The molecule has 0 spiro atoms. The van der Waals surface area contributed by atoms with Gasteiger partial charge >= 0.3 is 0 Å². The average Bonchev–Trinajstić information content (AvgIpc) is 2.82. The van der Waals surface area contributed by atoms with Crippen LogP contribution in [0.25, 0.3) is 0 Å². The third kappa shape index (κ3) is 2.12. The molecule has 0 aromatic rings. The number of Topliss-reactive ketones (excluding diaryl/α,β-unsaturated/α-hetero) is 1. The largest absolute Gasteiger partial charge is 0.343 e. The van der Waals surface area contributed by atoms with Gasteiger partial charge in [0.05, 0.1) is 0 Å². The topological polar surface area (TPSA) is 54.4 Å². The number of hydrogen-bond acceptors (Lipinski definition) is 2. The molecule has 1 N–H and O–H groups in total. The van der Waals surface area contributed by atoms with Gasteiger partial charge in [-0.15, -0.1) is 0 Å². The average molecular weight is 334 g/mol. The Kier molecular flexibility index (Phi) is 3.56. The highest BCUT2D eigenvalue weighted by Crippen LogP contribution is 2.64. The van der Waals surface area contributed by atoms with Crippen LogP contribution in [-0.2, 0) is 9.36 Å². The summed E-state index contributed by atoms with van der Waals surface area (Å²) in [7, 11) is -2.55. The van der Waals surface area contributed by atoms with Gasteiger partial charge < -0.3 is 4.89 Å². The van der Waals surface area contributed by atoms with E-state index in [1.165, 1.54) is 5.57 Å². The zero-order chi connectivity index (χ0) is 16.4. The van der Waals surface area contributed by atoms with Crippen molar-refractivity contribution in [1.82, 2.24) is 0 Å². The van der Waals surface area contributed by atoms with Gasteiger partial charge in [0.1, 0.15) is 5.78 Å². The van der Waals surface area contributed by atoms with Crippen molar-refractivity contribution >= 4 is 13.8 Å². The number of carbonyl (C=O) groups excluding carboxylic acids is 1. The van der Waals surface area contributed by atoms with Crippen LogP contribution in [0.4, 0.5) is 0 Å². The van der Waals surface area contributed by atoms with Crippen LogP contribution >= 0.6 is 8.03 Å². The summed E-state index contributed by atoms with van der Waals surface area (Å²) in [5.41, 5.74) is 1.35. The van der Waals surface area contributed by atoms with Crippen LogP contribution in [0.15, 0.2) is 23.0 Å². The van der Waals surface area contributed by atoms with Crippen molar-refractivity contribution in [3.8, 4) is 0 Å². The van der Waals surface area contributed by atoms with Crippen molar-refractivity contribution in [2.45, 2.75) is 58.8 Å². The molecule has 4 rings (SSSR count). The molecule has 0 radical (unpaired) electrons. The second kappa shape index (κ2) is 5.17. The molecule has 0 aliphatic heterocycles. The lowest BCUT2D eigenvalue weighted by molar-refractivity contribution is -0.131. The second-order valence-corrected chi connectivity index (χ2v) is 9.83. The minimum atomic E-state index is -2.55. The van der Waals surface area contributed by atoms with Gasteiger partial charge in [-0.1, -0.05) is 26.0 Å². The zero-order valence-electron chi connectivity index (χ0n) is 14.1. The van der Waals surface area contributed by atoms with Gasteiger partial charge in [0, 0.05) is 17.2 Å². The number of hydrogen-bond donors (Lipinski definition) is 1. The van der Waals surface area contributed by atoms with Crippen molar-refractivity contribution in [2.24, 2.45) is 28.6 Å². The molecule has 0 heterocycles. The first-order valence-corrected chi connectivity index (χ1v) is 10.4. The van der Waals surface area contributed by atoms with Gasteiger partial charge in [0.2, 0.25) is 8.03 Å². The molecule has 4 aliphatic rings. The van der Waals surface area contributed by atoms with Gasteiger partial charge in [0.25, 0.3) is 0 Å². The first kappa shape index (κ1) is 15.8. The van der Waals surface area contributed by atoms with E-state index in [-0.39, 0.29) is 10.8 Å². The van der Waals surface area contributed by atoms with Gasteiger partial charge in [-0.25, -0.2) is 0 Å². The fraction of sp³-hybridized carbons (Fsp3) is 0.737. The van der Waals surface area contributed by atoms with Crippen molar-refractivity contribution in [1.29, 1.82) is 0 Å². The first-order chi connectivity index (χ1) is 10.9. The zero-order valence-corrected chi connectivity index (χ0v) is 15.1. The van der Waals surface area contributed by atoms with Crippen LogP contribution in [0.5, 0.6) is 0 Å².